The van der Waals surface area contributed by atoms with Crippen LogP contribution in [-0.4, -0.2) is 22.1 Å². The molecule has 152 valence electrons. The summed E-state index contributed by atoms with van der Waals surface area (Å²) in [5, 5.41) is 0.727. The van der Waals surface area contributed by atoms with Gasteiger partial charge in [-0.1, -0.05) is 55.7 Å². The molecule has 0 aliphatic rings. The number of imidazole rings is 1. The van der Waals surface area contributed by atoms with E-state index in [1.165, 1.54) is 12.8 Å². The van der Waals surface area contributed by atoms with Gasteiger partial charge >= 0.3 is 5.97 Å². The molecule has 0 saturated heterocycles. The second kappa shape index (κ2) is 9.75. The largest absolute Gasteiger partial charge is 0.462 e. The van der Waals surface area contributed by atoms with Crippen LogP contribution in [0.4, 0.5) is 0 Å². The number of aryl methyl sites for hydroxylation is 1. The summed E-state index contributed by atoms with van der Waals surface area (Å²) in [7, 11) is 0. The number of aromatic nitrogens is 2. The molecular formula is C24H27ClN2O2. The van der Waals surface area contributed by atoms with Crippen molar-refractivity contribution in [3.05, 3.63) is 70.0 Å². The van der Waals surface area contributed by atoms with Gasteiger partial charge in [0, 0.05) is 5.02 Å². The third-order valence-corrected chi connectivity index (χ3v) is 5.24. The van der Waals surface area contributed by atoms with Crippen LogP contribution in [0.15, 0.2) is 42.5 Å². The zero-order valence-corrected chi connectivity index (χ0v) is 18.0. The molecule has 0 saturated carbocycles. The fraction of sp³-hybridized carbons (Fsp3) is 0.333. The molecule has 1 aromatic heterocycles. The van der Waals surface area contributed by atoms with Crippen molar-refractivity contribution in [1.82, 2.24) is 9.55 Å². The van der Waals surface area contributed by atoms with Gasteiger partial charge in [-0.25, -0.2) is 9.78 Å². The smallest absolute Gasteiger partial charge is 0.338 e. The number of nitrogens with zero attached hydrogens (tertiary/aromatic N) is 2. The number of hydrogen-bond donors (Lipinski definition) is 0. The highest BCUT2D eigenvalue weighted by Crippen LogP contribution is 2.24. The number of benzene rings is 2. The van der Waals surface area contributed by atoms with Gasteiger partial charge in [-0.3, -0.25) is 0 Å². The zero-order chi connectivity index (χ0) is 20.8. The number of carbonyl (C=O) groups is 1. The van der Waals surface area contributed by atoms with Crippen LogP contribution in [0.3, 0.4) is 0 Å². The number of fused-ring (bicyclic) bond motifs is 1. The third kappa shape index (κ3) is 5.07. The maximum Gasteiger partial charge on any atom is 0.338 e. The number of unbranched alkanes of at least 4 members (excludes halogenated alkanes) is 2. The minimum Gasteiger partial charge on any atom is -0.462 e. The lowest BCUT2D eigenvalue weighted by Gasteiger charge is -2.10. The quantitative estimate of drug-likeness (QED) is 0.317. The van der Waals surface area contributed by atoms with E-state index in [2.05, 4.69) is 40.8 Å². The highest BCUT2D eigenvalue weighted by atomic mass is 35.5. The molecule has 1 heterocycles. The Labute approximate surface area is 177 Å². The lowest BCUT2D eigenvalue weighted by atomic mass is 10.1. The number of hydrogen-bond acceptors (Lipinski definition) is 3. The van der Waals surface area contributed by atoms with Crippen LogP contribution in [0.5, 0.6) is 0 Å². The van der Waals surface area contributed by atoms with Gasteiger partial charge in [0.05, 0.1) is 29.7 Å². The lowest BCUT2D eigenvalue weighted by Crippen LogP contribution is -2.06. The molecule has 0 bridgehead atoms. The molecule has 0 radical (unpaired) electrons. The fourth-order valence-corrected chi connectivity index (χ4v) is 3.54. The van der Waals surface area contributed by atoms with Crippen LogP contribution >= 0.6 is 11.6 Å². The third-order valence-electron chi connectivity index (χ3n) is 4.89. The summed E-state index contributed by atoms with van der Waals surface area (Å²) in [6.07, 6.45) is 7.79. The Bertz CT molecular complexity index is 1040. The summed E-state index contributed by atoms with van der Waals surface area (Å²) >= 11 is 6.57. The van der Waals surface area contributed by atoms with Crippen LogP contribution < -0.4 is 0 Å². The molecule has 0 fully saturated rings. The second-order valence-electron chi connectivity index (χ2n) is 7.06. The van der Waals surface area contributed by atoms with E-state index in [1.54, 1.807) is 13.0 Å². The van der Waals surface area contributed by atoms with Gasteiger partial charge in [-0.15, -0.1) is 0 Å². The molecule has 0 N–H and O–H groups in total. The molecule has 2 aromatic carbocycles. The summed E-state index contributed by atoms with van der Waals surface area (Å²) in [4.78, 5) is 16.7. The zero-order valence-electron chi connectivity index (χ0n) is 17.2. The van der Waals surface area contributed by atoms with E-state index < -0.39 is 0 Å². The summed E-state index contributed by atoms with van der Waals surface area (Å²) in [6.45, 7) is 6.90. The standard InChI is InChI=1S/C24H27ClN2O2/c1-4-6-7-8-9-18-10-11-20(21(25)14-18)16-27-17(3)26-22-13-12-19(15-23(22)27)24(28)29-5-2/h8-15H,4-7,16H2,1-3H3/b9-8+. The van der Waals surface area contributed by atoms with Crippen molar-refractivity contribution >= 4 is 34.7 Å². The van der Waals surface area contributed by atoms with Gasteiger partial charge in [0.2, 0.25) is 0 Å². The van der Waals surface area contributed by atoms with E-state index >= 15 is 0 Å². The van der Waals surface area contributed by atoms with Crippen molar-refractivity contribution in [2.24, 2.45) is 0 Å². The number of carbonyl (C=O) groups excluding carboxylic acids is 1. The van der Waals surface area contributed by atoms with Gasteiger partial charge in [-0.05, 0) is 55.7 Å². The Morgan fingerprint density at radius 1 is 1.21 bits per heavy atom. The van der Waals surface area contributed by atoms with Crippen molar-refractivity contribution in [2.45, 2.75) is 46.6 Å². The van der Waals surface area contributed by atoms with E-state index in [0.717, 1.165) is 39.4 Å². The van der Waals surface area contributed by atoms with E-state index in [0.29, 0.717) is 18.7 Å². The molecule has 3 aromatic rings. The van der Waals surface area contributed by atoms with Gasteiger partial charge in [-0.2, -0.15) is 0 Å². The first-order chi connectivity index (χ1) is 14.0. The van der Waals surface area contributed by atoms with Gasteiger partial charge < -0.3 is 9.30 Å². The molecule has 3 rings (SSSR count). The first-order valence-corrected chi connectivity index (χ1v) is 10.5. The Morgan fingerprint density at radius 3 is 2.76 bits per heavy atom. The summed E-state index contributed by atoms with van der Waals surface area (Å²) in [5.74, 6) is 0.553. The second-order valence-corrected chi connectivity index (χ2v) is 7.47. The molecule has 0 amide bonds. The number of allylic oxidation sites excluding steroid dienone is 1. The molecule has 5 heteroatoms. The van der Waals surface area contributed by atoms with Crippen molar-refractivity contribution < 1.29 is 9.53 Å². The number of halogens is 1. The molecule has 4 nitrogen and oxygen atoms in total. The van der Waals surface area contributed by atoms with Crippen molar-refractivity contribution in [2.75, 3.05) is 6.61 Å². The Balaban J connectivity index is 1.87. The lowest BCUT2D eigenvalue weighted by molar-refractivity contribution is 0.0526. The fourth-order valence-electron chi connectivity index (χ4n) is 3.29. The number of rotatable bonds is 8. The molecular weight excluding hydrogens is 384 g/mol. The SMILES string of the molecule is CCCC/C=C/c1ccc(Cn2c(C)nc3ccc(C(=O)OCC)cc32)c(Cl)c1. The predicted octanol–water partition coefficient (Wildman–Crippen LogP) is 6.43. The van der Waals surface area contributed by atoms with Crippen molar-refractivity contribution in [3.63, 3.8) is 0 Å². The van der Waals surface area contributed by atoms with Crippen LogP contribution in [-0.2, 0) is 11.3 Å². The van der Waals surface area contributed by atoms with E-state index in [4.69, 9.17) is 16.3 Å². The minimum absolute atomic E-state index is 0.322. The normalized spacial score (nSPS) is 11.4. The van der Waals surface area contributed by atoms with Crippen LogP contribution in [0.2, 0.25) is 5.02 Å². The van der Waals surface area contributed by atoms with Crippen molar-refractivity contribution in [3.8, 4) is 0 Å². The molecule has 0 aliphatic carbocycles. The van der Waals surface area contributed by atoms with E-state index in [1.807, 2.05) is 25.1 Å². The van der Waals surface area contributed by atoms with Gasteiger partial charge in [0.1, 0.15) is 5.82 Å². The Morgan fingerprint density at radius 2 is 2.03 bits per heavy atom. The Kier molecular flexibility index (Phi) is 7.10. The molecule has 0 aliphatic heterocycles. The predicted molar refractivity (Wildman–Crippen MR) is 120 cm³/mol. The van der Waals surface area contributed by atoms with Crippen LogP contribution in [0, 0.1) is 6.92 Å². The topological polar surface area (TPSA) is 44.1 Å². The maximum absolute atomic E-state index is 12.1. The highest BCUT2D eigenvalue weighted by molar-refractivity contribution is 6.31. The summed E-state index contributed by atoms with van der Waals surface area (Å²) in [6, 6.07) is 11.6. The average molecular weight is 411 g/mol. The van der Waals surface area contributed by atoms with Crippen LogP contribution in [0.25, 0.3) is 17.1 Å². The first kappa shape index (κ1) is 21.1. The first-order valence-electron chi connectivity index (χ1n) is 10.1. The maximum atomic E-state index is 12.1. The monoisotopic (exact) mass is 410 g/mol. The number of ether oxygens (including phenoxy) is 1. The van der Waals surface area contributed by atoms with Crippen molar-refractivity contribution in [1.29, 1.82) is 0 Å². The molecule has 0 spiro atoms. The molecule has 29 heavy (non-hydrogen) atoms. The van der Waals surface area contributed by atoms with E-state index in [-0.39, 0.29) is 5.97 Å². The van der Waals surface area contributed by atoms with Crippen LogP contribution in [0.1, 0.15) is 60.4 Å². The number of esters is 1. The highest BCUT2D eigenvalue weighted by Gasteiger charge is 2.13. The van der Waals surface area contributed by atoms with E-state index in [9.17, 15) is 4.79 Å². The average Bonchev–Trinajstić information content (AvgIpc) is 3.02. The van der Waals surface area contributed by atoms with Gasteiger partial charge in [0.15, 0.2) is 0 Å². The molecule has 0 unspecified atom stereocenters. The Hall–Kier alpha value is -2.59. The summed E-state index contributed by atoms with van der Waals surface area (Å²) in [5.41, 5.74) is 4.39. The summed E-state index contributed by atoms with van der Waals surface area (Å²) < 4.78 is 7.20. The molecule has 0 atom stereocenters. The minimum atomic E-state index is -0.322. The van der Waals surface area contributed by atoms with Gasteiger partial charge in [0.25, 0.3) is 0 Å².